The average Bonchev–Trinajstić information content (AvgIpc) is 2.25. The lowest BCUT2D eigenvalue weighted by molar-refractivity contribution is 0.103. The third-order valence-electron chi connectivity index (χ3n) is 3.42. The van der Waals surface area contributed by atoms with Crippen LogP contribution in [0.4, 0.5) is 0 Å². The molecule has 1 aromatic carbocycles. The van der Waals surface area contributed by atoms with E-state index in [2.05, 4.69) is 39.1 Å². The average molecular weight is 221 g/mol. The van der Waals surface area contributed by atoms with Gasteiger partial charge in [0.1, 0.15) is 0 Å². The molecule has 1 aromatic rings. The summed E-state index contributed by atoms with van der Waals surface area (Å²) in [6, 6.07) is 2.25. The van der Waals surface area contributed by atoms with E-state index in [1.165, 1.54) is 27.8 Å². The molecule has 0 bridgehead atoms. The first-order chi connectivity index (χ1) is 7.52. The lowest BCUT2D eigenvalue weighted by Crippen LogP contribution is -2.21. The number of aryl methyl sites for hydroxylation is 2. The molecular formula is C14H23NO. The third-order valence-corrected chi connectivity index (χ3v) is 3.42. The van der Waals surface area contributed by atoms with Crippen molar-refractivity contribution in [2.75, 3.05) is 20.7 Å². The van der Waals surface area contributed by atoms with Crippen molar-refractivity contribution in [2.24, 2.45) is 0 Å². The molecule has 0 aromatic heterocycles. The second-order valence-corrected chi connectivity index (χ2v) is 4.46. The van der Waals surface area contributed by atoms with Gasteiger partial charge in [-0.05, 0) is 62.6 Å². The Bertz CT molecular complexity index is 345. The second-order valence-electron chi connectivity index (χ2n) is 4.46. The van der Waals surface area contributed by atoms with Gasteiger partial charge < -0.3 is 10.1 Å². The summed E-state index contributed by atoms with van der Waals surface area (Å²) in [6.45, 7) is 9.54. The molecule has 0 amide bonds. The van der Waals surface area contributed by atoms with Crippen molar-refractivity contribution in [3.05, 3.63) is 33.9 Å². The minimum absolute atomic E-state index is 0.142. The molecule has 0 saturated carbocycles. The van der Waals surface area contributed by atoms with Gasteiger partial charge in [0.05, 0.1) is 6.10 Å². The van der Waals surface area contributed by atoms with Crippen LogP contribution >= 0.6 is 0 Å². The van der Waals surface area contributed by atoms with E-state index in [-0.39, 0.29) is 6.10 Å². The van der Waals surface area contributed by atoms with Crippen molar-refractivity contribution in [1.29, 1.82) is 0 Å². The Labute approximate surface area is 99.0 Å². The number of methoxy groups -OCH3 is 1. The van der Waals surface area contributed by atoms with Gasteiger partial charge in [-0.2, -0.15) is 0 Å². The minimum atomic E-state index is 0.142. The van der Waals surface area contributed by atoms with Crippen molar-refractivity contribution in [3.63, 3.8) is 0 Å². The van der Waals surface area contributed by atoms with E-state index in [4.69, 9.17) is 4.74 Å². The van der Waals surface area contributed by atoms with Gasteiger partial charge in [-0.3, -0.25) is 0 Å². The van der Waals surface area contributed by atoms with E-state index >= 15 is 0 Å². The highest BCUT2D eigenvalue weighted by Gasteiger charge is 2.17. The molecule has 0 heterocycles. The molecule has 16 heavy (non-hydrogen) atoms. The molecule has 0 aliphatic carbocycles. The summed E-state index contributed by atoms with van der Waals surface area (Å²) in [5.74, 6) is 0. The number of rotatable bonds is 4. The zero-order valence-corrected chi connectivity index (χ0v) is 11.3. The van der Waals surface area contributed by atoms with Crippen LogP contribution in [0.3, 0.4) is 0 Å². The van der Waals surface area contributed by atoms with Gasteiger partial charge in [-0.1, -0.05) is 6.07 Å². The summed E-state index contributed by atoms with van der Waals surface area (Å²) in [5, 5.41) is 3.19. The van der Waals surface area contributed by atoms with Crippen LogP contribution in [0.1, 0.15) is 33.9 Å². The monoisotopic (exact) mass is 221 g/mol. The summed E-state index contributed by atoms with van der Waals surface area (Å²) >= 11 is 0. The summed E-state index contributed by atoms with van der Waals surface area (Å²) in [7, 11) is 3.73. The fourth-order valence-electron chi connectivity index (χ4n) is 2.22. The third kappa shape index (κ3) is 2.45. The highest BCUT2D eigenvalue weighted by atomic mass is 16.5. The Morgan fingerprint density at radius 3 is 2.00 bits per heavy atom. The maximum absolute atomic E-state index is 5.59. The van der Waals surface area contributed by atoms with E-state index in [0.717, 1.165) is 6.54 Å². The highest BCUT2D eigenvalue weighted by Crippen LogP contribution is 2.28. The standard InChI is InChI=1S/C14H23NO/c1-9-7-10(2)12(4)14(11(9)3)13(16-6)8-15-5/h7,13,15H,8H2,1-6H3. The molecule has 1 N–H and O–H groups in total. The lowest BCUT2D eigenvalue weighted by atomic mass is 9.91. The number of nitrogens with one attached hydrogen (secondary N) is 1. The fraction of sp³-hybridized carbons (Fsp3) is 0.571. The molecule has 0 radical (unpaired) electrons. The zero-order valence-electron chi connectivity index (χ0n) is 11.3. The second kappa shape index (κ2) is 5.46. The molecule has 2 heteroatoms. The molecule has 90 valence electrons. The van der Waals surface area contributed by atoms with Crippen LogP contribution in [-0.4, -0.2) is 20.7 Å². The number of ether oxygens (including phenoxy) is 1. The van der Waals surface area contributed by atoms with Crippen LogP contribution in [-0.2, 0) is 4.74 Å². The van der Waals surface area contributed by atoms with Crippen LogP contribution in [0.15, 0.2) is 6.07 Å². The van der Waals surface area contributed by atoms with Gasteiger partial charge in [0, 0.05) is 13.7 Å². The molecule has 2 nitrogen and oxygen atoms in total. The van der Waals surface area contributed by atoms with Crippen molar-refractivity contribution in [1.82, 2.24) is 5.32 Å². The van der Waals surface area contributed by atoms with Crippen molar-refractivity contribution in [2.45, 2.75) is 33.8 Å². The highest BCUT2D eigenvalue weighted by molar-refractivity contribution is 5.45. The first-order valence-electron chi connectivity index (χ1n) is 5.77. The van der Waals surface area contributed by atoms with Crippen LogP contribution in [0.5, 0.6) is 0 Å². The van der Waals surface area contributed by atoms with Crippen molar-refractivity contribution >= 4 is 0 Å². The Hall–Kier alpha value is -0.860. The predicted octanol–water partition coefficient (Wildman–Crippen LogP) is 2.83. The summed E-state index contributed by atoms with van der Waals surface area (Å²) in [4.78, 5) is 0. The van der Waals surface area contributed by atoms with Gasteiger partial charge in [0.25, 0.3) is 0 Å². The number of likely N-dealkylation sites (N-methyl/N-ethyl adjacent to an activating group) is 1. The molecular weight excluding hydrogens is 198 g/mol. The number of hydrogen-bond donors (Lipinski definition) is 1. The Morgan fingerprint density at radius 1 is 1.12 bits per heavy atom. The van der Waals surface area contributed by atoms with Gasteiger partial charge in [0.2, 0.25) is 0 Å². The van der Waals surface area contributed by atoms with Gasteiger partial charge in [-0.15, -0.1) is 0 Å². The fourth-order valence-corrected chi connectivity index (χ4v) is 2.22. The number of hydrogen-bond acceptors (Lipinski definition) is 2. The molecule has 0 spiro atoms. The quantitative estimate of drug-likeness (QED) is 0.844. The Balaban J connectivity index is 3.29. The maximum atomic E-state index is 5.59. The maximum Gasteiger partial charge on any atom is 0.0950 e. The molecule has 1 rings (SSSR count). The molecule has 1 atom stereocenters. The lowest BCUT2D eigenvalue weighted by Gasteiger charge is -2.22. The Kier molecular flexibility index (Phi) is 4.51. The molecule has 0 aliphatic heterocycles. The zero-order chi connectivity index (χ0) is 12.3. The van der Waals surface area contributed by atoms with Crippen molar-refractivity contribution in [3.8, 4) is 0 Å². The molecule has 0 aliphatic rings. The van der Waals surface area contributed by atoms with E-state index in [9.17, 15) is 0 Å². The van der Waals surface area contributed by atoms with E-state index in [0.29, 0.717) is 0 Å². The van der Waals surface area contributed by atoms with Crippen LogP contribution in [0.2, 0.25) is 0 Å². The van der Waals surface area contributed by atoms with Gasteiger partial charge in [0.15, 0.2) is 0 Å². The molecule has 0 fully saturated rings. The minimum Gasteiger partial charge on any atom is -0.375 e. The summed E-state index contributed by atoms with van der Waals surface area (Å²) in [5.41, 5.74) is 6.73. The van der Waals surface area contributed by atoms with E-state index < -0.39 is 0 Å². The van der Waals surface area contributed by atoms with Crippen LogP contribution < -0.4 is 5.32 Å². The SMILES string of the molecule is CNCC(OC)c1c(C)c(C)cc(C)c1C. The van der Waals surface area contributed by atoms with Gasteiger partial charge >= 0.3 is 0 Å². The van der Waals surface area contributed by atoms with Crippen molar-refractivity contribution < 1.29 is 4.74 Å². The number of benzene rings is 1. The first kappa shape index (κ1) is 13.2. The first-order valence-corrected chi connectivity index (χ1v) is 5.77. The van der Waals surface area contributed by atoms with E-state index in [1.54, 1.807) is 7.11 Å². The molecule has 0 saturated heterocycles. The van der Waals surface area contributed by atoms with E-state index in [1.807, 2.05) is 7.05 Å². The smallest absolute Gasteiger partial charge is 0.0950 e. The Morgan fingerprint density at radius 2 is 1.62 bits per heavy atom. The normalized spacial score (nSPS) is 12.9. The largest absolute Gasteiger partial charge is 0.375 e. The predicted molar refractivity (Wildman–Crippen MR) is 69.1 cm³/mol. The topological polar surface area (TPSA) is 21.3 Å². The van der Waals surface area contributed by atoms with Crippen LogP contribution in [0, 0.1) is 27.7 Å². The van der Waals surface area contributed by atoms with Crippen LogP contribution in [0.25, 0.3) is 0 Å². The van der Waals surface area contributed by atoms with Gasteiger partial charge in [-0.25, -0.2) is 0 Å². The summed E-state index contributed by atoms with van der Waals surface area (Å²) in [6.07, 6.45) is 0.142. The molecule has 1 unspecified atom stereocenters. The summed E-state index contributed by atoms with van der Waals surface area (Å²) < 4.78 is 5.59.